The number of fused-ring (bicyclic) bond motifs is 1. The van der Waals surface area contributed by atoms with Crippen molar-refractivity contribution < 1.29 is 19.0 Å². The first-order valence-electron chi connectivity index (χ1n) is 11.1. The Morgan fingerprint density at radius 1 is 1.21 bits per heavy atom. The van der Waals surface area contributed by atoms with Crippen LogP contribution in [0.5, 0.6) is 11.5 Å². The topological polar surface area (TPSA) is 92.0 Å². The average Bonchev–Trinajstić information content (AvgIpc) is 2.87. The number of hydrogen-bond donors (Lipinski definition) is 0. The lowest BCUT2D eigenvalue weighted by Gasteiger charge is -2.22. The van der Waals surface area contributed by atoms with Gasteiger partial charge in [0.15, 0.2) is 18.1 Å². The molecule has 1 saturated carbocycles. The van der Waals surface area contributed by atoms with Gasteiger partial charge in [-0.15, -0.1) is 0 Å². The van der Waals surface area contributed by atoms with Crippen molar-refractivity contribution in [3.63, 3.8) is 0 Å². The van der Waals surface area contributed by atoms with Crippen LogP contribution >= 0.6 is 15.9 Å². The van der Waals surface area contributed by atoms with Gasteiger partial charge in [0.2, 0.25) is 0 Å². The number of rotatable bonds is 7. The third kappa shape index (κ3) is 5.14. The van der Waals surface area contributed by atoms with Crippen LogP contribution in [-0.2, 0) is 9.53 Å². The van der Waals surface area contributed by atoms with E-state index in [0.717, 1.165) is 30.2 Å². The van der Waals surface area contributed by atoms with Crippen LogP contribution < -0.4 is 15.0 Å². The number of benzene rings is 2. The fourth-order valence-electron chi connectivity index (χ4n) is 4.18. The Balaban J connectivity index is 1.82. The summed E-state index contributed by atoms with van der Waals surface area (Å²) in [7, 11) is 2.80. The normalized spacial score (nSPS) is 14.4. The molecule has 1 heterocycles. The number of methoxy groups -OCH3 is 2. The lowest BCUT2D eigenvalue weighted by atomic mass is 9.88. The highest BCUT2D eigenvalue weighted by Crippen LogP contribution is 2.35. The van der Waals surface area contributed by atoms with Crippen molar-refractivity contribution in [3.8, 4) is 11.5 Å². The molecule has 1 aliphatic rings. The van der Waals surface area contributed by atoms with Gasteiger partial charge in [0.1, 0.15) is 5.82 Å². The number of aromatic nitrogens is 2. The smallest absolute Gasteiger partial charge is 0.343 e. The second-order valence-corrected chi connectivity index (χ2v) is 8.99. The van der Waals surface area contributed by atoms with Crippen molar-refractivity contribution in [3.05, 3.63) is 62.6 Å². The van der Waals surface area contributed by atoms with E-state index in [0.29, 0.717) is 33.8 Å². The molecule has 0 amide bonds. The number of esters is 1. The molecule has 8 nitrogen and oxygen atoms in total. The predicted molar refractivity (Wildman–Crippen MR) is 133 cm³/mol. The van der Waals surface area contributed by atoms with Crippen LogP contribution in [0.25, 0.3) is 10.9 Å². The SMILES string of the molecule is COC(=O)COc1c(C=Nn2c(C3CCCCC3)nc3ccccc3c2=O)cc(Br)cc1OC. The van der Waals surface area contributed by atoms with Gasteiger partial charge in [-0.2, -0.15) is 9.78 Å². The van der Waals surface area contributed by atoms with Crippen molar-refractivity contribution in [2.24, 2.45) is 5.10 Å². The van der Waals surface area contributed by atoms with Crippen LogP contribution in [0.15, 0.2) is 50.8 Å². The van der Waals surface area contributed by atoms with Crippen LogP contribution in [-0.4, -0.2) is 42.7 Å². The van der Waals surface area contributed by atoms with E-state index in [-0.39, 0.29) is 18.1 Å². The van der Waals surface area contributed by atoms with Gasteiger partial charge >= 0.3 is 5.97 Å². The Hall–Kier alpha value is -3.20. The van der Waals surface area contributed by atoms with E-state index in [4.69, 9.17) is 14.5 Å². The van der Waals surface area contributed by atoms with Gasteiger partial charge < -0.3 is 14.2 Å². The van der Waals surface area contributed by atoms with E-state index in [2.05, 4.69) is 25.8 Å². The minimum Gasteiger partial charge on any atom is -0.493 e. The molecule has 4 rings (SSSR count). The summed E-state index contributed by atoms with van der Waals surface area (Å²) >= 11 is 3.46. The molecule has 3 aromatic rings. The molecule has 0 saturated heterocycles. The molecule has 34 heavy (non-hydrogen) atoms. The highest BCUT2D eigenvalue weighted by Gasteiger charge is 2.22. The zero-order valence-corrected chi connectivity index (χ0v) is 20.7. The first kappa shape index (κ1) is 23.9. The van der Waals surface area contributed by atoms with Crippen molar-refractivity contribution in [1.82, 2.24) is 9.66 Å². The van der Waals surface area contributed by atoms with Gasteiger partial charge in [-0.3, -0.25) is 4.79 Å². The molecule has 9 heteroatoms. The molecule has 1 fully saturated rings. The molecule has 0 bridgehead atoms. The van der Waals surface area contributed by atoms with E-state index >= 15 is 0 Å². The lowest BCUT2D eigenvalue weighted by molar-refractivity contribution is -0.142. The van der Waals surface area contributed by atoms with Gasteiger partial charge in [-0.25, -0.2) is 9.78 Å². The number of nitrogens with zero attached hydrogens (tertiary/aromatic N) is 3. The van der Waals surface area contributed by atoms with Gasteiger partial charge in [-0.1, -0.05) is 47.3 Å². The van der Waals surface area contributed by atoms with Crippen LogP contribution in [0.3, 0.4) is 0 Å². The van der Waals surface area contributed by atoms with E-state index in [1.807, 2.05) is 18.2 Å². The van der Waals surface area contributed by atoms with E-state index in [1.165, 1.54) is 31.5 Å². The van der Waals surface area contributed by atoms with Crippen molar-refractivity contribution in [2.45, 2.75) is 38.0 Å². The third-order valence-electron chi connectivity index (χ3n) is 5.89. The fraction of sp³-hybridized carbons (Fsp3) is 0.360. The predicted octanol–water partition coefficient (Wildman–Crippen LogP) is 4.65. The third-order valence-corrected chi connectivity index (χ3v) is 6.35. The summed E-state index contributed by atoms with van der Waals surface area (Å²) in [5.41, 5.74) is 0.983. The molecule has 0 N–H and O–H groups in total. The van der Waals surface area contributed by atoms with Crippen LogP contribution in [0.4, 0.5) is 0 Å². The van der Waals surface area contributed by atoms with Crippen molar-refractivity contribution in [1.29, 1.82) is 0 Å². The Bertz CT molecular complexity index is 1280. The average molecular weight is 528 g/mol. The summed E-state index contributed by atoms with van der Waals surface area (Å²) in [6, 6.07) is 10.8. The minimum absolute atomic E-state index is 0.162. The lowest BCUT2D eigenvalue weighted by Crippen LogP contribution is -2.25. The van der Waals surface area contributed by atoms with Gasteiger partial charge in [0.25, 0.3) is 5.56 Å². The Morgan fingerprint density at radius 3 is 2.71 bits per heavy atom. The molecule has 1 aliphatic carbocycles. The van der Waals surface area contributed by atoms with E-state index in [1.54, 1.807) is 18.2 Å². The molecule has 0 spiro atoms. The molecular formula is C25H26BrN3O5. The first-order valence-corrected chi connectivity index (χ1v) is 11.9. The monoisotopic (exact) mass is 527 g/mol. The molecule has 0 aliphatic heterocycles. The standard InChI is InChI=1S/C25H26BrN3O5/c1-32-21-13-18(26)12-17(23(21)34-15-22(30)33-2)14-27-29-24(16-8-4-3-5-9-16)28-20-11-7-6-10-19(20)25(29)31/h6-7,10-14,16H,3-5,8-9,15H2,1-2H3. The second-order valence-electron chi connectivity index (χ2n) is 8.07. The summed E-state index contributed by atoms with van der Waals surface area (Å²) in [4.78, 5) is 29.9. The maximum absolute atomic E-state index is 13.4. The number of halogens is 1. The molecular weight excluding hydrogens is 502 g/mol. The zero-order chi connectivity index (χ0) is 24.1. The van der Waals surface area contributed by atoms with E-state index in [9.17, 15) is 9.59 Å². The van der Waals surface area contributed by atoms with Crippen molar-refractivity contribution >= 4 is 39.0 Å². The highest BCUT2D eigenvalue weighted by molar-refractivity contribution is 9.10. The van der Waals surface area contributed by atoms with Gasteiger partial charge in [-0.05, 0) is 37.1 Å². The first-order chi connectivity index (χ1) is 16.5. The molecule has 178 valence electrons. The zero-order valence-electron chi connectivity index (χ0n) is 19.1. The molecule has 0 atom stereocenters. The Morgan fingerprint density at radius 2 is 1.97 bits per heavy atom. The van der Waals surface area contributed by atoms with Crippen molar-refractivity contribution in [2.75, 3.05) is 20.8 Å². The summed E-state index contributed by atoms with van der Waals surface area (Å²) in [6.45, 7) is -0.292. The summed E-state index contributed by atoms with van der Waals surface area (Å²) < 4.78 is 17.9. The number of ether oxygens (including phenoxy) is 3. The number of para-hydroxylation sites is 1. The van der Waals surface area contributed by atoms with Crippen LogP contribution in [0.1, 0.15) is 49.4 Å². The summed E-state index contributed by atoms with van der Waals surface area (Å²) in [5, 5.41) is 5.08. The van der Waals surface area contributed by atoms with Crippen LogP contribution in [0, 0.1) is 0 Å². The molecule has 0 unspecified atom stereocenters. The van der Waals surface area contributed by atoms with E-state index < -0.39 is 5.97 Å². The number of carbonyl (C=O) groups is 1. The molecule has 2 aromatic carbocycles. The number of carbonyl (C=O) groups excluding carboxylic acids is 1. The maximum Gasteiger partial charge on any atom is 0.343 e. The highest BCUT2D eigenvalue weighted by atomic mass is 79.9. The Kier molecular flexibility index (Phi) is 7.62. The molecule has 1 aromatic heterocycles. The van der Waals surface area contributed by atoms with Crippen LogP contribution in [0.2, 0.25) is 0 Å². The Labute approximate surface area is 205 Å². The largest absolute Gasteiger partial charge is 0.493 e. The van der Waals surface area contributed by atoms with Gasteiger partial charge in [0.05, 0.1) is 31.3 Å². The second kappa shape index (κ2) is 10.8. The van der Waals surface area contributed by atoms with Gasteiger partial charge in [0, 0.05) is 16.0 Å². The summed E-state index contributed by atoms with van der Waals surface area (Å²) in [6.07, 6.45) is 6.87. The molecule has 0 radical (unpaired) electrons. The minimum atomic E-state index is -0.526. The fourth-order valence-corrected chi connectivity index (χ4v) is 4.63. The quantitative estimate of drug-likeness (QED) is 0.328. The summed E-state index contributed by atoms with van der Waals surface area (Å²) in [5.74, 6) is 1.04. The maximum atomic E-state index is 13.4. The number of hydrogen-bond acceptors (Lipinski definition) is 7.